The first-order valence-corrected chi connectivity index (χ1v) is 16.3. The van der Waals surface area contributed by atoms with Gasteiger partial charge in [0.25, 0.3) is 0 Å². The number of amides is 2. The summed E-state index contributed by atoms with van der Waals surface area (Å²) in [5, 5.41) is 3.21. The molecule has 1 aliphatic carbocycles. The first-order valence-electron chi connectivity index (χ1n) is 13.6. The number of carbonyl (C=O) groups is 2. The van der Waals surface area contributed by atoms with E-state index in [1.54, 1.807) is 24.3 Å². The number of nitrogens with one attached hydrogen (secondary N) is 1. The van der Waals surface area contributed by atoms with E-state index in [4.69, 9.17) is 0 Å². The van der Waals surface area contributed by atoms with Gasteiger partial charge < -0.3 is 10.2 Å². The van der Waals surface area contributed by atoms with Crippen LogP contribution in [0, 0.1) is 0 Å². The summed E-state index contributed by atoms with van der Waals surface area (Å²) in [6, 6.07) is 25.1. The van der Waals surface area contributed by atoms with E-state index in [0.717, 1.165) is 58.3 Å². The van der Waals surface area contributed by atoms with E-state index in [9.17, 15) is 18.0 Å². The van der Waals surface area contributed by atoms with E-state index in [2.05, 4.69) is 21.2 Å². The van der Waals surface area contributed by atoms with Gasteiger partial charge in [-0.05, 0) is 48.2 Å². The lowest BCUT2D eigenvalue weighted by molar-refractivity contribution is -0.140. The number of rotatable bonds is 11. The molecule has 0 aromatic heterocycles. The van der Waals surface area contributed by atoms with E-state index < -0.39 is 28.5 Å². The summed E-state index contributed by atoms with van der Waals surface area (Å²) in [4.78, 5) is 29.5. The Morgan fingerprint density at radius 1 is 0.875 bits per heavy atom. The van der Waals surface area contributed by atoms with E-state index in [0.29, 0.717) is 12.1 Å². The summed E-state index contributed by atoms with van der Waals surface area (Å²) in [7, 11) is -3.79. The first-order chi connectivity index (χ1) is 19.2. The molecule has 9 heteroatoms. The third-order valence-electron chi connectivity index (χ3n) is 7.21. The minimum Gasteiger partial charge on any atom is -0.352 e. The molecule has 0 spiro atoms. The highest BCUT2D eigenvalue weighted by Crippen LogP contribution is 2.23. The van der Waals surface area contributed by atoms with Crippen LogP contribution in [-0.4, -0.2) is 50.0 Å². The van der Waals surface area contributed by atoms with Crippen LogP contribution in [0.15, 0.2) is 89.4 Å². The fourth-order valence-electron chi connectivity index (χ4n) is 5.10. The van der Waals surface area contributed by atoms with Crippen molar-refractivity contribution in [1.29, 1.82) is 0 Å². The Morgan fingerprint density at radius 3 is 2.02 bits per heavy atom. The molecule has 7 nitrogen and oxygen atoms in total. The molecule has 1 N–H and O–H groups in total. The van der Waals surface area contributed by atoms with Crippen LogP contribution in [0.25, 0.3) is 0 Å². The lowest BCUT2D eigenvalue weighted by Crippen LogP contribution is -2.55. The molecule has 1 aliphatic rings. The second-order valence-corrected chi connectivity index (χ2v) is 13.1. The maximum atomic E-state index is 14.1. The summed E-state index contributed by atoms with van der Waals surface area (Å²) in [5.41, 5.74) is 2.16. The van der Waals surface area contributed by atoms with Crippen molar-refractivity contribution in [2.75, 3.05) is 17.1 Å². The molecular weight excluding hydrogens is 590 g/mol. The number of hydrogen-bond acceptors (Lipinski definition) is 4. The number of anilines is 1. The number of halogens is 1. The van der Waals surface area contributed by atoms with Crippen molar-refractivity contribution in [3.8, 4) is 0 Å². The number of benzene rings is 3. The Kier molecular flexibility index (Phi) is 10.4. The summed E-state index contributed by atoms with van der Waals surface area (Å²) in [5.74, 6) is -0.661. The Labute approximate surface area is 245 Å². The number of hydrogen-bond donors (Lipinski definition) is 1. The van der Waals surface area contributed by atoms with Crippen molar-refractivity contribution >= 4 is 43.5 Å². The van der Waals surface area contributed by atoms with Gasteiger partial charge in [0.1, 0.15) is 12.6 Å². The molecule has 1 atom stereocenters. The van der Waals surface area contributed by atoms with E-state index in [1.807, 2.05) is 60.7 Å². The Bertz CT molecular complexity index is 1360. The van der Waals surface area contributed by atoms with Crippen LogP contribution < -0.4 is 9.62 Å². The molecule has 1 fully saturated rings. The molecule has 40 heavy (non-hydrogen) atoms. The number of sulfonamides is 1. The molecule has 0 radical (unpaired) electrons. The zero-order valence-corrected chi connectivity index (χ0v) is 25.1. The molecule has 4 rings (SSSR count). The summed E-state index contributed by atoms with van der Waals surface area (Å²) >= 11 is 3.38. The third kappa shape index (κ3) is 8.41. The van der Waals surface area contributed by atoms with Crippen LogP contribution in [-0.2, 0) is 32.6 Å². The SMILES string of the molecule is CS(=O)(=O)N(CC(=O)N(Cc1ccccc1)[C@@H](Cc1ccccc1)C(=O)NC1CCCCC1)c1ccc(Br)cc1. The highest BCUT2D eigenvalue weighted by atomic mass is 79.9. The van der Waals surface area contributed by atoms with Gasteiger partial charge in [-0.25, -0.2) is 8.42 Å². The minimum absolute atomic E-state index is 0.0727. The predicted octanol–water partition coefficient (Wildman–Crippen LogP) is 5.30. The van der Waals surface area contributed by atoms with Gasteiger partial charge in [-0.3, -0.25) is 13.9 Å². The van der Waals surface area contributed by atoms with Gasteiger partial charge in [0, 0.05) is 23.5 Å². The monoisotopic (exact) mass is 625 g/mol. The molecule has 0 bridgehead atoms. The molecule has 2 amide bonds. The number of carbonyl (C=O) groups excluding carboxylic acids is 2. The van der Waals surface area contributed by atoms with Crippen molar-refractivity contribution in [2.24, 2.45) is 0 Å². The molecular formula is C31H36BrN3O4S. The van der Waals surface area contributed by atoms with Crippen LogP contribution in [0.2, 0.25) is 0 Å². The molecule has 0 unspecified atom stereocenters. The van der Waals surface area contributed by atoms with Gasteiger partial charge in [0.05, 0.1) is 11.9 Å². The quantitative estimate of drug-likeness (QED) is 0.313. The average Bonchev–Trinajstić information content (AvgIpc) is 2.95. The summed E-state index contributed by atoms with van der Waals surface area (Å²) in [6.07, 6.45) is 6.53. The fraction of sp³-hybridized carbons (Fsp3) is 0.355. The van der Waals surface area contributed by atoms with Gasteiger partial charge in [0.15, 0.2) is 0 Å². The highest BCUT2D eigenvalue weighted by molar-refractivity contribution is 9.10. The van der Waals surface area contributed by atoms with Crippen LogP contribution in [0.4, 0.5) is 5.69 Å². The van der Waals surface area contributed by atoms with E-state index >= 15 is 0 Å². The predicted molar refractivity (Wildman–Crippen MR) is 162 cm³/mol. The zero-order chi connectivity index (χ0) is 28.5. The maximum Gasteiger partial charge on any atom is 0.244 e. The van der Waals surface area contributed by atoms with Gasteiger partial charge in [0.2, 0.25) is 21.8 Å². The van der Waals surface area contributed by atoms with Crippen LogP contribution >= 0.6 is 15.9 Å². The maximum absolute atomic E-state index is 14.1. The molecule has 0 heterocycles. The van der Waals surface area contributed by atoms with Crippen molar-refractivity contribution in [3.63, 3.8) is 0 Å². The smallest absolute Gasteiger partial charge is 0.244 e. The number of nitrogens with zero attached hydrogens (tertiary/aromatic N) is 2. The van der Waals surface area contributed by atoms with Crippen molar-refractivity contribution in [1.82, 2.24) is 10.2 Å². The van der Waals surface area contributed by atoms with Gasteiger partial charge >= 0.3 is 0 Å². The largest absolute Gasteiger partial charge is 0.352 e. The lowest BCUT2D eigenvalue weighted by Gasteiger charge is -2.35. The van der Waals surface area contributed by atoms with Gasteiger partial charge in [-0.15, -0.1) is 0 Å². The van der Waals surface area contributed by atoms with Crippen LogP contribution in [0.5, 0.6) is 0 Å². The highest BCUT2D eigenvalue weighted by Gasteiger charge is 2.34. The fourth-order valence-corrected chi connectivity index (χ4v) is 6.21. The molecule has 0 aliphatic heterocycles. The topological polar surface area (TPSA) is 86.8 Å². The molecule has 0 saturated heterocycles. The standard InChI is InChI=1S/C31H36BrN3O4S/c1-40(38,39)35(28-19-17-26(32)18-20-28)23-30(36)34(22-25-13-7-3-8-14-25)29(21-24-11-5-2-6-12-24)31(37)33-27-15-9-4-10-16-27/h2-3,5-8,11-14,17-20,27,29H,4,9-10,15-16,21-23H2,1H3,(H,33,37)/t29-/m0/s1. The summed E-state index contributed by atoms with van der Waals surface area (Å²) < 4.78 is 27.6. The summed E-state index contributed by atoms with van der Waals surface area (Å²) in [6.45, 7) is -0.248. The Morgan fingerprint density at radius 2 is 1.45 bits per heavy atom. The lowest BCUT2D eigenvalue weighted by atomic mass is 9.94. The first kappa shape index (κ1) is 29.8. The van der Waals surface area contributed by atoms with E-state index in [1.165, 1.54) is 4.90 Å². The minimum atomic E-state index is -3.79. The van der Waals surface area contributed by atoms with E-state index in [-0.39, 0.29) is 18.5 Å². The average molecular weight is 627 g/mol. The normalized spacial score (nSPS) is 14.8. The molecule has 212 valence electrons. The Hall–Kier alpha value is -3.17. The van der Waals surface area contributed by atoms with Crippen molar-refractivity contribution in [2.45, 2.75) is 57.2 Å². The second-order valence-electron chi connectivity index (χ2n) is 10.3. The zero-order valence-electron chi connectivity index (χ0n) is 22.7. The van der Waals surface area contributed by atoms with Crippen molar-refractivity contribution in [3.05, 3.63) is 101 Å². The Balaban J connectivity index is 1.69. The van der Waals surface area contributed by atoms with Crippen LogP contribution in [0.3, 0.4) is 0 Å². The molecule has 3 aromatic rings. The second kappa shape index (κ2) is 13.9. The van der Waals surface area contributed by atoms with Crippen molar-refractivity contribution < 1.29 is 18.0 Å². The van der Waals surface area contributed by atoms with Gasteiger partial charge in [-0.1, -0.05) is 95.9 Å². The van der Waals surface area contributed by atoms with Crippen LogP contribution in [0.1, 0.15) is 43.2 Å². The molecule has 3 aromatic carbocycles. The van der Waals surface area contributed by atoms with Gasteiger partial charge in [-0.2, -0.15) is 0 Å². The third-order valence-corrected chi connectivity index (χ3v) is 8.88. The molecule has 1 saturated carbocycles.